The minimum Gasteiger partial charge on any atom is -0.456 e. The Balaban J connectivity index is 2.13. The van der Waals surface area contributed by atoms with Crippen LogP contribution in [0.3, 0.4) is 0 Å². The first kappa shape index (κ1) is 13.9. The fourth-order valence-corrected chi connectivity index (χ4v) is 2.44. The molecule has 0 saturated carbocycles. The van der Waals surface area contributed by atoms with Crippen LogP contribution in [-0.2, 0) is 5.88 Å². The topological polar surface area (TPSA) is 22.1 Å². The third-order valence-electron chi connectivity index (χ3n) is 3.64. The summed E-state index contributed by atoms with van der Waals surface area (Å²) in [4.78, 5) is 4.52. The van der Waals surface area contributed by atoms with Crippen molar-refractivity contribution in [3.8, 4) is 11.5 Å². The highest BCUT2D eigenvalue weighted by Gasteiger charge is 2.09. The van der Waals surface area contributed by atoms with E-state index in [0.717, 1.165) is 33.7 Å². The Hall–Kier alpha value is -2.06. The number of hydrogen-bond donors (Lipinski definition) is 0. The van der Waals surface area contributed by atoms with Crippen molar-refractivity contribution in [1.29, 1.82) is 0 Å². The van der Waals surface area contributed by atoms with Crippen molar-refractivity contribution in [2.24, 2.45) is 0 Å². The Kier molecular flexibility index (Phi) is 3.80. The van der Waals surface area contributed by atoms with E-state index in [2.05, 4.69) is 24.9 Å². The number of benzene rings is 2. The van der Waals surface area contributed by atoms with E-state index >= 15 is 0 Å². The summed E-state index contributed by atoms with van der Waals surface area (Å²) in [5, 5.41) is 0.993. The van der Waals surface area contributed by atoms with Gasteiger partial charge in [-0.2, -0.15) is 0 Å². The molecule has 0 aliphatic carbocycles. The predicted molar refractivity (Wildman–Crippen MR) is 87.3 cm³/mol. The third kappa shape index (κ3) is 2.72. The van der Waals surface area contributed by atoms with Crippen LogP contribution in [0.2, 0.25) is 0 Å². The summed E-state index contributed by atoms with van der Waals surface area (Å²) in [5.41, 5.74) is 4.07. The van der Waals surface area contributed by atoms with Gasteiger partial charge in [0.15, 0.2) is 0 Å². The van der Waals surface area contributed by atoms with E-state index in [1.807, 2.05) is 42.5 Å². The maximum Gasteiger partial charge on any atom is 0.138 e. The number of aromatic nitrogens is 1. The van der Waals surface area contributed by atoms with E-state index in [-0.39, 0.29) is 0 Å². The summed E-state index contributed by atoms with van der Waals surface area (Å²) in [7, 11) is 0. The Morgan fingerprint density at radius 2 is 1.81 bits per heavy atom. The summed E-state index contributed by atoms with van der Waals surface area (Å²) in [6, 6.07) is 15.9. The van der Waals surface area contributed by atoms with Crippen molar-refractivity contribution in [1.82, 2.24) is 4.98 Å². The van der Waals surface area contributed by atoms with Gasteiger partial charge in [-0.3, -0.25) is 4.98 Å². The van der Waals surface area contributed by atoms with Crippen molar-refractivity contribution in [3.05, 3.63) is 65.4 Å². The second-order valence-electron chi connectivity index (χ2n) is 5.06. The van der Waals surface area contributed by atoms with Crippen molar-refractivity contribution in [3.63, 3.8) is 0 Å². The van der Waals surface area contributed by atoms with Crippen LogP contribution in [0.5, 0.6) is 11.5 Å². The molecular weight excluding hydrogens is 282 g/mol. The van der Waals surface area contributed by atoms with E-state index < -0.39 is 0 Å². The molecule has 1 aromatic heterocycles. The number of ether oxygens (including phenoxy) is 1. The lowest BCUT2D eigenvalue weighted by Crippen LogP contribution is -1.94. The first-order chi connectivity index (χ1) is 10.2. The lowest BCUT2D eigenvalue weighted by atomic mass is 10.1. The van der Waals surface area contributed by atoms with Gasteiger partial charge in [0.2, 0.25) is 0 Å². The van der Waals surface area contributed by atoms with Crippen LogP contribution in [0.25, 0.3) is 10.9 Å². The van der Waals surface area contributed by atoms with Crippen LogP contribution >= 0.6 is 11.6 Å². The maximum atomic E-state index is 6.15. The van der Waals surface area contributed by atoms with E-state index in [1.165, 1.54) is 5.56 Å². The summed E-state index contributed by atoms with van der Waals surface area (Å²) in [6.07, 6.45) is 0. The Bertz CT molecular complexity index is 798. The molecule has 0 amide bonds. The quantitative estimate of drug-likeness (QED) is 0.605. The minimum absolute atomic E-state index is 0.369. The summed E-state index contributed by atoms with van der Waals surface area (Å²) < 4.78 is 6.15. The van der Waals surface area contributed by atoms with Crippen molar-refractivity contribution < 1.29 is 4.74 Å². The lowest BCUT2D eigenvalue weighted by Gasteiger charge is -2.13. The normalized spacial score (nSPS) is 10.8. The SMILES string of the molecule is Cc1cccc(Oc2cc(CCl)nc3ccccc23)c1C. The molecule has 3 rings (SSSR count). The molecule has 0 atom stereocenters. The number of hydrogen-bond acceptors (Lipinski definition) is 2. The highest BCUT2D eigenvalue weighted by atomic mass is 35.5. The molecule has 0 N–H and O–H groups in total. The second kappa shape index (κ2) is 5.74. The van der Waals surface area contributed by atoms with Gasteiger partial charge >= 0.3 is 0 Å². The molecule has 2 nitrogen and oxygen atoms in total. The second-order valence-corrected chi connectivity index (χ2v) is 5.33. The highest BCUT2D eigenvalue weighted by Crippen LogP contribution is 2.32. The van der Waals surface area contributed by atoms with Crippen LogP contribution in [-0.4, -0.2) is 4.98 Å². The fourth-order valence-electron chi connectivity index (χ4n) is 2.30. The molecule has 3 heteroatoms. The average molecular weight is 298 g/mol. The van der Waals surface area contributed by atoms with Crippen LogP contribution in [0.1, 0.15) is 16.8 Å². The Morgan fingerprint density at radius 1 is 1.00 bits per heavy atom. The van der Waals surface area contributed by atoms with E-state index in [4.69, 9.17) is 16.3 Å². The number of pyridine rings is 1. The molecule has 1 heterocycles. The predicted octanol–water partition coefficient (Wildman–Crippen LogP) is 5.38. The van der Waals surface area contributed by atoms with E-state index in [9.17, 15) is 0 Å². The average Bonchev–Trinajstić information content (AvgIpc) is 2.51. The van der Waals surface area contributed by atoms with Crippen molar-refractivity contribution >= 4 is 22.5 Å². The molecule has 106 valence electrons. The van der Waals surface area contributed by atoms with Crippen molar-refractivity contribution in [2.45, 2.75) is 19.7 Å². The third-order valence-corrected chi connectivity index (χ3v) is 3.92. The van der Waals surface area contributed by atoms with Gasteiger partial charge in [-0.25, -0.2) is 0 Å². The molecule has 3 aromatic rings. The molecule has 0 unspecified atom stereocenters. The summed E-state index contributed by atoms with van der Waals surface area (Å²) in [6.45, 7) is 4.15. The molecule has 0 saturated heterocycles. The molecule has 0 fully saturated rings. The van der Waals surface area contributed by atoms with Crippen LogP contribution in [0.15, 0.2) is 48.5 Å². The molecule has 0 spiro atoms. The van der Waals surface area contributed by atoms with Crippen LogP contribution in [0, 0.1) is 13.8 Å². The van der Waals surface area contributed by atoms with Gasteiger partial charge < -0.3 is 4.74 Å². The molecule has 0 radical (unpaired) electrons. The van der Waals surface area contributed by atoms with Crippen LogP contribution in [0.4, 0.5) is 0 Å². The van der Waals surface area contributed by atoms with Crippen molar-refractivity contribution in [2.75, 3.05) is 0 Å². The molecule has 21 heavy (non-hydrogen) atoms. The zero-order valence-electron chi connectivity index (χ0n) is 12.1. The van der Waals surface area contributed by atoms with Gasteiger partial charge in [0.05, 0.1) is 17.1 Å². The van der Waals surface area contributed by atoms with Gasteiger partial charge in [0, 0.05) is 11.5 Å². The number of nitrogens with zero attached hydrogens (tertiary/aromatic N) is 1. The Morgan fingerprint density at radius 3 is 2.62 bits per heavy atom. The summed E-state index contributed by atoms with van der Waals surface area (Å²) >= 11 is 5.94. The Labute approximate surface area is 129 Å². The maximum absolute atomic E-state index is 6.15. The highest BCUT2D eigenvalue weighted by molar-refractivity contribution is 6.17. The van der Waals surface area contributed by atoms with Gasteiger partial charge in [-0.15, -0.1) is 11.6 Å². The number of halogens is 1. The molecule has 0 aliphatic rings. The van der Waals surface area contributed by atoms with Crippen LogP contribution < -0.4 is 4.74 Å². The largest absolute Gasteiger partial charge is 0.456 e. The standard InChI is InChI=1S/C18H16ClNO/c1-12-6-5-9-17(13(12)2)21-18-10-14(11-19)20-16-8-4-3-7-15(16)18/h3-10H,11H2,1-2H3. The zero-order valence-corrected chi connectivity index (χ0v) is 12.8. The number of fused-ring (bicyclic) bond motifs is 1. The molecule has 0 aliphatic heterocycles. The monoisotopic (exact) mass is 297 g/mol. The van der Waals surface area contributed by atoms with E-state index in [0.29, 0.717) is 5.88 Å². The van der Waals surface area contributed by atoms with E-state index in [1.54, 1.807) is 0 Å². The smallest absolute Gasteiger partial charge is 0.138 e. The van der Waals surface area contributed by atoms with Gasteiger partial charge in [-0.1, -0.05) is 24.3 Å². The fraction of sp³-hybridized carbons (Fsp3) is 0.167. The first-order valence-corrected chi connectivity index (χ1v) is 7.41. The summed E-state index contributed by atoms with van der Waals surface area (Å²) in [5.74, 6) is 2.03. The number of para-hydroxylation sites is 1. The van der Waals surface area contributed by atoms with Gasteiger partial charge in [0.1, 0.15) is 11.5 Å². The van der Waals surface area contributed by atoms with Gasteiger partial charge in [-0.05, 0) is 43.2 Å². The number of aryl methyl sites for hydroxylation is 1. The first-order valence-electron chi connectivity index (χ1n) is 6.87. The zero-order chi connectivity index (χ0) is 14.8. The number of alkyl halides is 1. The van der Waals surface area contributed by atoms with Gasteiger partial charge in [0.25, 0.3) is 0 Å². The molecule has 2 aromatic carbocycles. The minimum atomic E-state index is 0.369. The lowest BCUT2D eigenvalue weighted by molar-refractivity contribution is 0.483. The number of rotatable bonds is 3. The molecular formula is C18H16ClNO. The molecule has 0 bridgehead atoms.